The van der Waals surface area contributed by atoms with Crippen molar-refractivity contribution in [3.05, 3.63) is 51.4 Å². The molecule has 8 heteroatoms. The number of ether oxygens (including phenoxy) is 1. The highest BCUT2D eigenvalue weighted by molar-refractivity contribution is 5.69. The van der Waals surface area contributed by atoms with E-state index in [1.165, 1.54) is 6.07 Å². The Morgan fingerprint density at radius 3 is 2.79 bits per heavy atom. The molecule has 0 aliphatic heterocycles. The van der Waals surface area contributed by atoms with Crippen LogP contribution in [0, 0.1) is 24.0 Å². The quantitative estimate of drug-likeness (QED) is 0.342. The summed E-state index contributed by atoms with van der Waals surface area (Å²) < 4.78 is 10.2. The highest BCUT2D eigenvalue weighted by atomic mass is 16.6. The molecule has 2 aromatic rings. The van der Waals surface area contributed by atoms with Gasteiger partial charge in [-0.2, -0.15) is 0 Å². The van der Waals surface area contributed by atoms with Crippen molar-refractivity contribution in [2.24, 2.45) is 0 Å². The number of nitro benzene ring substituents is 1. The number of rotatable bonds is 8. The van der Waals surface area contributed by atoms with Crippen LogP contribution < -0.4 is 5.32 Å². The maximum Gasteiger partial charge on any atom is 0.306 e. The van der Waals surface area contributed by atoms with Gasteiger partial charge in [0, 0.05) is 19.0 Å². The van der Waals surface area contributed by atoms with E-state index in [0.717, 1.165) is 5.56 Å². The Bertz CT molecular complexity index is 707. The van der Waals surface area contributed by atoms with Gasteiger partial charge < -0.3 is 14.6 Å². The number of anilines is 1. The SMILES string of the molecule is Cc1noc(C)c1COC(=O)CCCNc1ccccc1[N+](=O)[O-]. The molecule has 0 radical (unpaired) electrons. The molecule has 1 heterocycles. The zero-order valence-electron chi connectivity index (χ0n) is 13.6. The van der Waals surface area contributed by atoms with Gasteiger partial charge in [0.05, 0.1) is 16.2 Å². The lowest BCUT2D eigenvalue weighted by atomic mass is 10.2. The summed E-state index contributed by atoms with van der Waals surface area (Å²) in [5.74, 6) is 0.303. The second-order valence-electron chi connectivity index (χ2n) is 5.27. The molecule has 0 saturated heterocycles. The topological polar surface area (TPSA) is 108 Å². The van der Waals surface area contributed by atoms with E-state index in [-0.39, 0.29) is 24.7 Å². The molecule has 0 fully saturated rings. The van der Waals surface area contributed by atoms with E-state index in [4.69, 9.17) is 9.26 Å². The number of esters is 1. The average Bonchev–Trinajstić information content (AvgIpc) is 2.88. The number of hydrogen-bond acceptors (Lipinski definition) is 7. The lowest BCUT2D eigenvalue weighted by Crippen LogP contribution is -2.09. The molecule has 1 aromatic heterocycles. The van der Waals surface area contributed by atoms with Crippen molar-refractivity contribution in [3.63, 3.8) is 0 Å². The molecular weight excluding hydrogens is 314 g/mol. The van der Waals surface area contributed by atoms with Crippen molar-refractivity contribution in [3.8, 4) is 0 Å². The number of nitro groups is 1. The summed E-state index contributed by atoms with van der Waals surface area (Å²) in [6.45, 7) is 4.12. The van der Waals surface area contributed by atoms with Gasteiger partial charge in [0.15, 0.2) is 0 Å². The van der Waals surface area contributed by atoms with Crippen LogP contribution >= 0.6 is 0 Å². The smallest absolute Gasteiger partial charge is 0.306 e. The summed E-state index contributed by atoms with van der Waals surface area (Å²) in [5.41, 5.74) is 1.94. The molecule has 0 amide bonds. The number of carbonyl (C=O) groups is 1. The lowest BCUT2D eigenvalue weighted by Gasteiger charge is -2.07. The van der Waals surface area contributed by atoms with E-state index in [2.05, 4.69) is 10.5 Å². The van der Waals surface area contributed by atoms with Crippen molar-refractivity contribution in [1.29, 1.82) is 0 Å². The van der Waals surface area contributed by atoms with Crippen molar-refractivity contribution in [2.75, 3.05) is 11.9 Å². The van der Waals surface area contributed by atoms with Gasteiger partial charge >= 0.3 is 5.97 Å². The third-order valence-electron chi connectivity index (χ3n) is 3.53. The highest BCUT2D eigenvalue weighted by Gasteiger charge is 2.13. The number of para-hydroxylation sites is 2. The van der Waals surface area contributed by atoms with E-state index in [9.17, 15) is 14.9 Å². The van der Waals surface area contributed by atoms with Gasteiger partial charge in [-0.25, -0.2) is 0 Å². The molecule has 1 aromatic carbocycles. The van der Waals surface area contributed by atoms with Crippen molar-refractivity contribution < 1.29 is 19.0 Å². The molecule has 0 aliphatic carbocycles. The fourth-order valence-corrected chi connectivity index (χ4v) is 2.17. The Hall–Kier alpha value is -2.90. The van der Waals surface area contributed by atoms with Gasteiger partial charge in [-0.15, -0.1) is 0 Å². The number of nitrogens with zero attached hydrogens (tertiary/aromatic N) is 2. The normalized spacial score (nSPS) is 10.4. The Labute approximate surface area is 138 Å². The molecule has 0 spiro atoms. The summed E-state index contributed by atoms with van der Waals surface area (Å²) in [7, 11) is 0. The van der Waals surface area contributed by atoms with E-state index >= 15 is 0 Å². The molecule has 24 heavy (non-hydrogen) atoms. The van der Waals surface area contributed by atoms with Crippen LogP contribution in [0.4, 0.5) is 11.4 Å². The number of aryl methyl sites for hydroxylation is 2. The minimum atomic E-state index is -0.444. The molecule has 0 saturated carbocycles. The first-order chi connectivity index (χ1) is 11.5. The van der Waals surface area contributed by atoms with Gasteiger partial charge in [0.25, 0.3) is 5.69 Å². The summed E-state index contributed by atoms with van der Waals surface area (Å²) >= 11 is 0. The molecule has 1 N–H and O–H groups in total. The van der Waals surface area contributed by atoms with E-state index < -0.39 is 4.92 Å². The standard InChI is InChI=1S/C16H19N3O5/c1-11-13(12(2)24-18-11)10-23-16(20)8-5-9-17-14-6-3-4-7-15(14)19(21)22/h3-4,6-7,17H,5,8-10H2,1-2H3. The minimum Gasteiger partial charge on any atom is -0.461 e. The molecule has 8 nitrogen and oxygen atoms in total. The maximum atomic E-state index is 11.7. The van der Waals surface area contributed by atoms with Crippen LogP contribution in [0.3, 0.4) is 0 Å². The van der Waals surface area contributed by atoms with E-state index in [1.54, 1.807) is 32.0 Å². The van der Waals surface area contributed by atoms with Gasteiger partial charge in [-0.3, -0.25) is 14.9 Å². The Morgan fingerprint density at radius 1 is 1.38 bits per heavy atom. The van der Waals surface area contributed by atoms with Gasteiger partial charge in [-0.1, -0.05) is 17.3 Å². The van der Waals surface area contributed by atoms with Gasteiger partial charge in [-0.05, 0) is 26.3 Å². The molecule has 0 atom stereocenters. The highest BCUT2D eigenvalue weighted by Crippen LogP contribution is 2.23. The van der Waals surface area contributed by atoms with E-state index in [1.807, 2.05) is 0 Å². The first-order valence-corrected chi connectivity index (χ1v) is 7.53. The van der Waals surface area contributed by atoms with Gasteiger partial charge in [0.1, 0.15) is 18.1 Å². The second kappa shape index (κ2) is 8.09. The summed E-state index contributed by atoms with van der Waals surface area (Å²) in [5, 5.41) is 17.7. The Kier molecular flexibility index (Phi) is 5.89. The van der Waals surface area contributed by atoms with E-state index in [0.29, 0.717) is 30.1 Å². The van der Waals surface area contributed by atoms with Crippen LogP contribution in [-0.2, 0) is 16.1 Å². The Balaban J connectivity index is 1.73. The van der Waals surface area contributed by atoms with Crippen molar-refractivity contribution in [1.82, 2.24) is 5.16 Å². The predicted octanol–water partition coefficient (Wildman–Crippen LogP) is 3.14. The second-order valence-corrected chi connectivity index (χ2v) is 5.27. The van der Waals surface area contributed by atoms with Crippen molar-refractivity contribution >= 4 is 17.3 Å². The van der Waals surface area contributed by atoms with Crippen LogP contribution in [-0.4, -0.2) is 22.6 Å². The number of carbonyl (C=O) groups excluding carboxylic acids is 1. The monoisotopic (exact) mass is 333 g/mol. The molecule has 0 bridgehead atoms. The molecule has 0 aliphatic rings. The van der Waals surface area contributed by atoms with Crippen LogP contribution in [0.2, 0.25) is 0 Å². The first-order valence-electron chi connectivity index (χ1n) is 7.53. The number of benzene rings is 1. The number of aromatic nitrogens is 1. The van der Waals surface area contributed by atoms with Crippen LogP contribution in [0.15, 0.2) is 28.8 Å². The van der Waals surface area contributed by atoms with Crippen LogP contribution in [0.1, 0.15) is 29.9 Å². The first kappa shape index (κ1) is 17.5. The fraction of sp³-hybridized carbons (Fsp3) is 0.375. The molecule has 0 unspecified atom stereocenters. The summed E-state index contributed by atoms with van der Waals surface area (Å²) in [6.07, 6.45) is 0.726. The third kappa shape index (κ3) is 4.55. The lowest BCUT2D eigenvalue weighted by molar-refractivity contribution is -0.384. The molecule has 128 valence electrons. The number of nitrogens with one attached hydrogen (secondary N) is 1. The zero-order valence-corrected chi connectivity index (χ0v) is 13.6. The van der Waals surface area contributed by atoms with Crippen molar-refractivity contribution in [2.45, 2.75) is 33.3 Å². The van der Waals surface area contributed by atoms with Crippen LogP contribution in [0.25, 0.3) is 0 Å². The number of hydrogen-bond donors (Lipinski definition) is 1. The zero-order chi connectivity index (χ0) is 17.5. The molecule has 2 rings (SSSR count). The van der Waals surface area contributed by atoms with Crippen LogP contribution in [0.5, 0.6) is 0 Å². The molecular formula is C16H19N3O5. The summed E-state index contributed by atoms with van der Waals surface area (Å²) in [4.78, 5) is 22.2. The minimum absolute atomic E-state index is 0.0125. The maximum absolute atomic E-state index is 11.7. The average molecular weight is 333 g/mol. The largest absolute Gasteiger partial charge is 0.461 e. The van der Waals surface area contributed by atoms with Gasteiger partial charge in [0.2, 0.25) is 0 Å². The Morgan fingerprint density at radius 2 is 2.12 bits per heavy atom. The summed E-state index contributed by atoms with van der Waals surface area (Å²) in [6, 6.07) is 6.39. The third-order valence-corrected chi connectivity index (χ3v) is 3.53. The fourth-order valence-electron chi connectivity index (χ4n) is 2.17. The predicted molar refractivity (Wildman–Crippen MR) is 86.6 cm³/mol.